The highest BCUT2D eigenvalue weighted by molar-refractivity contribution is 6.48. The van der Waals surface area contributed by atoms with Crippen LogP contribution in [0.4, 0.5) is 13.6 Å². The highest BCUT2D eigenvalue weighted by atomic mass is 19.2. The normalized spacial score (nSPS) is 27.0. The fourth-order valence-corrected chi connectivity index (χ4v) is 7.12. The lowest BCUT2D eigenvalue weighted by molar-refractivity contribution is -0.199. The number of alkyl carbamates (subject to hydrolysis) is 1. The van der Waals surface area contributed by atoms with Crippen molar-refractivity contribution < 1.29 is 32.4 Å². The average molecular weight is 582 g/mol. The number of amides is 2. The molecule has 1 aliphatic heterocycles. The van der Waals surface area contributed by atoms with Crippen molar-refractivity contribution >= 4 is 19.1 Å². The smallest absolute Gasteiger partial charge is 0.445 e. The summed E-state index contributed by atoms with van der Waals surface area (Å²) in [7, 11) is -0.643. The van der Waals surface area contributed by atoms with Crippen molar-refractivity contribution in [3.8, 4) is 0 Å². The summed E-state index contributed by atoms with van der Waals surface area (Å²) in [6, 6.07) is 11.5. The van der Waals surface area contributed by atoms with Crippen LogP contribution in [0.5, 0.6) is 0 Å². The average Bonchev–Trinajstić information content (AvgIpc) is 3.30. The fourth-order valence-electron chi connectivity index (χ4n) is 7.12. The van der Waals surface area contributed by atoms with Gasteiger partial charge in [0.2, 0.25) is 5.91 Å². The minimum atomic E-state index is -1.11. The first-order chi connectivity index (χ1) is 19.9. The fraction of sp³-hybridized carbons (Fsp3) is 0.562. The molecule has 2 bridgehead atoms. The predicted octanol–water partition coefficient (Wildman–Crippen LogP) is 5.60. The van der Waals surface area contributed by atoms with Crippen molar-refractivity contribution in [2.24, 2.45) is 23.2 Å². The van der Waals surface area contributed by atoms with E-state index in [1.165, 1.54) is 6.07 Å². The van der Waals surface area contributed by atoms with Gasteiger partial charge in [0.1, 0.15) is 12.6 Å². The van der Waals surface area contributed by atoms with Gasteiger partial charge in [0.25, 0.3) is 0 Å². The molecule has 0 unspecified atom stereocenters. The monoisotopic (exact) mass is 582 g/mol. The van der Waals surface area contributed by atoms with E-state index >= 15 is 0 Å². The molecular formula is C32H41BF2N2O5. The van der Waals surface area contributed by atoms with E-state index in [0.29, 0.717) is 23.8 Å². The number of ether oxygens (including phenoxy) is 1. The standard InChI is InChI=1S/C32H41BF2N2O5/c1-19(2)13-28(33-41-27-17-22-16-26(31(22,3)4)32(27,5)42-33)37-29(38)25(15-21-11-12-23(34)24(35)14-21)36-30(39)40-18-20-9-7-6-8-10-20/h6-12,14,19,22,25-28H,13,15-18H2,1-5H3,(H,36,39)(H,37,38)/t22-,25-,26-,27+,28-,32-/m0/s1. The number of nitrogens with one attached hydrogen (secondary N) is 2. The third-order valence-corrected chi connectivity index (χ3v) is 9.60. The Kier molecular flexibility index (Phi) is 8.68. The molecule has 7 nitrogen and oxygen atoms in total. The molecule has 0 radical (unpaired) electrons. The highest BCUT2D eigenvalue weighted by Gasteiger charge is 2.68. The van der Waals surface area contributed by atoms with Crippen molar-refractivity contribution in [2.75, 3.05) is 0 Å². The van der Waals surface area contributed by atoms with E-state index in [-0.39, 0.29) is 30.5 Å². The molecule has 1 saturated heterocycles. The first kappa shape index (κ1) is 30.5. The number of halogens is 2. The van der Waals surface area contributed by atoms with E-state index in [1.54, 1.807) is 0 Å². The highest BCUT2D eigenvalue weighted by Crippen LogP contribution is 2.65. The summed E-state index contributed by atoms with van der Waals surface area (Å²) in [5, 5.41) is 5.69. The van der Waals surface area contributed by atoms with Gasteiger partial charge < -0.3 is 24.7 Å². The maximum absolute atomic E-state index is 14.0. The van der Waals surface area contributed by atoms with Crippen LogP contribution in [0.25, 0.3) is 0 Å². The lowest BCUT2D eigenvalue weighted by Gasteiger charge is -2.64. The molecule has 2 aromatic rings. The third-order valence-electron chi connectivity index (χ3n) is 9.60. The molecule has 6 rings (SSSR count). The van der Waals surface area contributed by atoms with Gasteiger partial charge in [0.15, 0.2) is 11.6 Å². The number of carbonyl (C=O) groups is 2. The quantitative estimate of drug-likeness (QED) is 0.357. The lowest BCUT2D eigenvalue weighted by Crippen LogP contribution is -2.65. The maximum Gasteiger partial charge on any atom is 0.481 e. The van der Waals surface area contributed by atoms with Crippen LogP contribution in [0.3, 0.4) is 0 Å². The summed E-state index contributed by atoms with van der Waals surface area (Å²) in [4.78, 5) is 26.5. The molecule has 226 valence electrons. The predicted molar refractivity (Wildman–Crippen MR) is 155 cm³/mol. The molecule has 6 atom stereocenters. The molecule has 0 aromatic heterocycles. The van der Waals surface area contributed by atoms with Gasteiger partial charge in [-0.25, -0.2) is 13.6 Å². The van der Waals surface area contributed by atoms with E-state index in [2.05, 4.69) is 45.3 Å². The Balaban J connectivity index is 1.31. The van der Waals surface area contributed by atoms with E-state index in [0.717, 1.165) is 30.5 Å². The zero-order valence-corrected chi connectivity index (χ0v) is 25.0. The van der Waals surface area contributed by atoms with Gasteiger partial charge in [-0.15, -0.1) is 0 Å². The first-order valence-corrected chi connectivity index (χ1v) is 14.9. The Morgan fingerprint density at radius 2 is 1.76 bits per heavy atom. The number of hydrogen-bond acceptors (Lipinski definition) is 5. The largest absolute Gasteiger partial charge is 0.481 e. The van der Waals surface area contributed by atoms with Gasteiger partial charge in [0.05, 0.1) is 17.6 Å². The Bertz CT molecular complexity index is 1290. The Hall–Kier alpha value is -2.98. The summed E-state index contributed by atoms with van der Waals surface area (Å²) in [6.07, 6.45) is 1.72. The molecule has 10 heteroatoms. The van der Waals surface area contributed by atoms with Crippen molar-refractivity contribution in [3.63, 3.8) is 0 Å². The summed E-state index contributed by atoms with van der Waals surface area (Å²) < 4.78 is 46.1. The van der Waals surface area contributed by atoms with Crippen molar-refractivity contribution in [1.29, 1.82) is 0 Å². The minimum absolute atomic E-state index is 0.0183. The molecule has 2 aromatic carbocycles. The van der Waals surface area contributed by atoms with Crippen LogP contribution in [0.15, 0.2) is 48.5 Å². The Morgan fingerprint density at radius 3 is 2.43 bits per heavy atom. The minimum Gasteiger partial charge on any atom is -0.445 e. The second-order valence-electron chi connectivity index (χ2n) is 13.3. The van der Waals surface area contributed by atoms with E-state index in [1.807, 2.05) is 30.3 Å². The number of rotatable bonds is 10. The molecule has 4 aliphatic rings. The molecule has 1 heterocycles. The van der Waals surface area contributed by atoms with Crippen molar-refractivity contribution in [2.45, 2.75) is 90.6 Å². The second kappa shape index (κ2) is 12.0. The zero-order chi connectivity index (χ0) is 30.2. The van der Waals surface area contributed by atoms with E-state index in [4.69, 9.17) is 14.0 Å². The molecule has 4 fully saturated rings. The van der Waals surface area contributed by atoms with E-state index in [9.17, 15) is 18.4 Å². The third kappa shape index (κ3) is 6.20. The van der Waals surface area contributed by atoms with Crippen LogP contribution in [0.2, 0.25) is 0 Å². The van der Waals surface area contributed by atoms with Crippen LogP contribution < -0.4 is 10.6 Å². The van der Waals surface area contributed by atoms with Crippen molar-refractivity contribution in [3.05, 3.63) is 71.3 Å². The van der Waals surface area contributed by atoms with Crippen LogP contribution >= 0.6 is 0 Å². The van der Waals surface area contributed by atoms with Crippen LogP contribution in [-0.4, -0.2) is 42.8 Å². The maximum atomic E-state index is 14.0. The molecular weight excluding hydrogens is 541 g/mol. The van der Waals surface area contributed by atoms with Gasteiger partial charge in [-0.1, -0.05) is 64.1 Å². The van der Waals surface area contributed by atoms with Crippen LogP contribution in [0.1, 0.15) is 65.0 Å². The molecule has 3 saturated carbocycles. The van der Waals surface area contributed by atoms with Gasteiger partial charge in [-0.2, -0.15) is 0 Å². The Morgan fingerprint density at radius 1 is 1.02 bits per heavy atom. The SMILES string of the molecule is CC(C)C[C@H](NC(=O)[C@H](Cc1ccc(F)c(F)c1)NC(=O)OCc1ccccc1)B1O[C@@H]2C[C@@H]3C[C@@H](C3(C)C)[C@]2(C)O1. The topological polar surface area (TPSA) is 85.9 Å². The summed E-state index contributed by atoms with van der Waals surface area (Å²) >= 11 is 0. The number of carbonyl (C=O) groups excluding carboxylic acids is 2. The molecule has 0 spiro atoms. The summed E-state index contributed by atoms with van der Waals surface area (Å²) in [5.41, 5.74) is 0.886. The number of benzene rings is 2. The van der Waals surface area contributed by atoms with Crippen LogP contribution in [0, 0.1) is 34.8 Å². The first-order valence-electron chi connectivity index (χ1n) is 14.9. The lowest BCUT2D eigenvalue weighted by atomic mass is 9.43. The van der Waals surface area contributed by atoms with Gasteiger partial charge in [-0.05, 0) is 72.6 Å². The van der Waals surface area contributed by atoms with Gasteiger partial charge in [-0.3, -0.25) is 4.79 Å². The Labute approximate surface area is 247 Å². The van der Waals surface area contributed by atoms with Gasteiger partial charge >= 0.3 is 13.2 Å². The van der Waals surface area contributed by atoms with Crippen molar-refractivity contribution in [1.82, 2.24) is 10.6 Å². The van der Waals surface area contributed by atoms with Crippen LogP contribution in [-0.2, 0) is 31.9 Å². The molecule has 2 amide bonds. The molecule has 2 N–H and O–H groups in total. The molecule has 42 heavy (non-hydrogen) atoms. The second-order valence-corrected chi connectivity index (χ2v) is 13.3. The van der Waals surface area contributed by atoms with E-state index < -0.39 is 48.3 Å². The van der Waals surface area contributed by atoms with Gasteiger partial charge in [0, 0.05) is 6.42 Å². The number of hydrogen-bond donors (Lipinski definition) is 2. The molecule has 3 aliphatic carbocycles. The zero-order valence-electron chi connectivity index (χ0n) is 25.0. The summed E-state index contributed by atoms with van der Waals surface area (Å²) in [5.74, 6) is -1.80. The summed E-state index contributed by atoms with van der Waals surface area (Å²) in [6.45, 7) is 10.8.